The van der Waals surface area contributed by atoms with E-state index in [0.29, 0.717) is 0 Å². The molecule has 2 rings (SSSR count). The zero-order chi connectivity index (χ0) is 17.6. The first-order valence-corrected chi connectivity index (χ1v) is 8.69. The van der Waals surface area contributed by atoms with E-state index in [2.05, 4.69) is 34.6 Å². The van der Waals surface area contributed by atoms with E-state index in [1.807, 2.05) is 25.7 Å². The number of hydrogen-bond donors (Lipinski definition) is 0. The predicted molar refractivity (Wildman–Crippen MR) is 91.5 cm³/mol. The molecule has 2 aliphatic heterocycles. The van der Waals surface area contributed by atoms with Crippen LogP contribution in [0.5, 0.6) is 0 Å². The number of nitrogens with zero attached hydrogens (tertiary/aromatic N) is 1. The maximum atomic E-state index is 12.5. The summed E-state index contributed by atoms with van der Waals surface area (Å²) in [5.41, 5.74) is -1.17. The quantitative estimate of drug-likeness (QED) is 0.723. The highest BCUT2D eigenvalue weighted by molar-refractivity contribution is 6.47. The molecule has 0 aliphatic carbocycles. The minimum Gasteiger partial charge on any atom is -0.444 e. The van der Waals surface area contributed by atoms with Crippen molar-refractivity contribution in [2.75, 3.05) is 6.54 Å². The van der Waals surface area contributed by atoms with Crippen LogP contribution in [0.1, 0.15) is 68.2 Å². The number of likely N-dealkylation sites (tertiary alicyclic amines) is 1. The Labute approximate surface area is 141 Å². The second-order valence-corrected chi connectivity index (χ2v) is 8.87. The Morgan fingerprint density at radius 3 is 2.22 bits per heavy atom. The minimum atomic E-state index is -0.474. The van der Waals surface area contributed by atoms with Crippen LogP contribution in [0.25, 0.3) is 0 Å². The molecule has 1 amide bonds. The van der Waals surface area contributed by atoms with Gasteiger partial charge >= 0.3 is 13.2 Å². The molecule has 2 fully saturated rings. The van der Waals surface area contributed by atoms with E-state index >= 15 is 0 Å². The van der Waals surface area contributed by atoms with Gasteiger partial charge in [0.25, 0.3) is 0 Å². The van der Waals surface area contributed by atoms with Crippen molar-refractivity contribution in [3.8, 4) is 0 Å². The molecule has 2 atom stereocenters. The fourth-order valence-electron chi connectivity index (χ4n) is 3.17. The van der Waals surface area contributed by atoms with Crippen LogP contribution in [0, 0.1) is 0 Å². The Hall–Kier alpha value is -0.745. The highest BCUT2D eigenvalue weighted by Gasteiger charge is 2.55. The maximum Gasteiger partial charge on any atom is 0.462 e. The van der Waals surface area contributed by atoms with Crippen molar-refractivity contribution < 1.29 is 18.8 Å². The molecular weight excluding hydrogens is 293 g/mol. The van der Waals surface area contributed by atoms with Crippen molar-refractivity contribution in [1.82, 2.24) is 4.90 Å². The molecular formula is C17H32BNO4. The lowest BCUT2D eigenvalue weighted by atomic mass is 9.68. The van der Waals surface area contributed by atoms with E-state index in [9.17, 15) is 4.79 Å². The van der Waals surface area contributed by atoms with Crippen molar-refractivity contribution in [2.45, 2.75) is 96.9 Å². The molecule has 5 nitrogen and oxygen atoms in total. The van der Waals surface area contributed by atoms with E-state index in [1.165, 1.54) is 0 Å². The van der Waals surface area contributed by atoms with Gasteiger partial charge in [0.2, 0.25) is 0 Å². The Morgan fingerprint density at radius 1 is 1.22 bits per heavy atom. The van der Waals surface area contributed by atoms with Crippen LogP contribution < -0.4 is 0 Å². The standard InChI is InChI=1S/C17H32BNO4/c1-12(18-22-16(5,6)17(7,8)23-18)13-10-9-11-19(13)14(20)21-15(2,3)4/h12-13H,9-11H2,1-8H3/t12-,13-/m0/s1. The monoisotopic (exact) mass is 325 g/mol. The summed E-state index contributed by atoms with van der Waals surface area (Å²) in [5, 5.41) is 0. The van der Waals surface area contributed by atoms with Gasteiger partial charge in [0.1, 0.15) is 5.60 Å². The normalized spacial score (nSPS) is 28.1. The van der Waals surface area contributed by atoms with Crippen LogP contribution in [-0.2, 0) is 14.0 Å². The summed E-state index contributed by atoms with van der Waals surface area (Å²) in [6.07, 6.45) is 1.72. The first-order chi connectivity index (χ1) is 10.3. The second kappa shape index (κ2) is 5.96. The Bertz CT molecular complexity index is 442. The van der Waals surface area contributed by atoms with Crippen molar-refractivity contribution in [3.05, 3.63) is 0 Å². The van der Waals surface area contributed by atoms with Crippen LogP contribution in [0.2, 0.25) is 5.82 Å². The topological polar surface area (TPSA) is 48.0 Å². The van der Waals surface area contributed by atoms with Crippen molar-refractivity contribution >= 4 is 13.2 Å². The third kappa shape index (κ3) is 3.85. The van der Waals surface area contributed by atoms with Gasteiger partial charge in [-0.2, -0.15) is 0 Å². The summed E-state index contributed by atoms with van der Waals surface area (Å²) >= 11 is 0. The molecule has 0 unspecified atom stereocenters. The van der Waals surface area contributed by atoms with Crippen molar-refractivity contribution in [1.29, 1.82) is 0 Å². The van der Waals surface area contributed by atoms with Crippen LogP contribution in [0.3, 0.4) is 0 Å². The molecule has 0 N–H and O–H groups in total. The molecule has 2 aliphatic rings. The molecule has 0 aromatic carbocycles. The van der Waals surface area contributed by atoms with Gasteiger partial charge in [-0.3, -0.25) is 0 Å². The van der Waals surface area contributed by atoms with E-state index in [-0.39, 0.29) is 36.3 Å². The zero-order valence-electron chi connectivity index (χ0n) is 15.9. The lowest BCUT2D eigenvalue weighted by Gasteiger charge is -2.32. The van der Waals surface area contributed by atoms with Crippen LogP contribution in [0.15, 0.2) is 0 Å². The first-order valence-electron chi connectivity index (χ1n) is 8.69. The Kier molecular flexibility index (Phi) is 4.82. The second-order valence-electron chi connectivity index (χ2n) is 8.87. The molecule has 23 heavy (non-hydrogen) atoms. The summed E-state index contributed by atoms with van der Waals surface area (Å²) in [6.45, 7) is 16.8. The number of ether oxygens (including phenoxy) is 1. The highest BCUT2D eigenvalue weighted by Crippen LogP contribution is 2.42. The van der Waals surface area contributed by atoms with Gasteiger partial charge in [0.05, 0.1) is 11.2 Å². The van der Waals surface area contributed by atoms with Gasteiger partial charge in [0.15, 0.2) is 0 Å². The van der Waals surface area contributed by atoms with Crippen molar-refractivity contribution in [3.63, 3.8) is 0 Å². The largest absolute Gasteiger partial charge is 0.462 e. The highest BCUT2D eigenvalue weighted by atomic mass is 16.7. The number of rotatable bonds is 2. The SMILES string of the molecule is C[C@H](B1OC(C)(C)C(C)(C)O1)[C@@H]1CCCN1C(=O)OC(C)(C)C. The number of carbonyl (C=O) groups is 1. The van der Waals surface area contributed by atoms with E-state index in [1.54, 1.807) is 0 Å². The van der Waals surface area contributed by atoms with Crippen LogP contribution >= 0.6 is 0 Å². The molecule has 2 heterocycles. The van der Waals surface area contributed by atoms with E-state index < -0.39 is 5.60 Å². The first kappa shape index (κ1) is 18.6. The molecule has 2 saturated heterocycles. The fraction of sp³-hybridized carbons (Fsp3) is 0.941. The minimum absolute atomic E-state index is 0.0968. The maximum absolute atomic E-state index is 12.5. The molecule has 0 radical (unpaired) electrons. The Balaban J connectivity index is 2.07. The lowest BCUT2D eigenvalue weighted by molar-refractivity contribution is 0.00578. The number of carbonyl (C=O) groups excluding carboxylic acids is 1. The van der Waals surface area contributed by atoms with Gasteiger partial charge in [-0.1, -0.05) is 6.92 Å². The third-order valence-corrected chi connectivity index (χ3v) is 5.23. The molecule has 0 spiro atoms. The Morgan fingerprint density at radius 2 is 1.74 bits per heavy atom. The summed E-state index contributed by atoms with van der Waals surface area (Å²) in [6, 6.07) is 0.0968. The predicted octanol–water partition coefficient (Wildman–Crippen LogP) is 3.87. The van der Waals surface area contributed by atoms with Gasteiger partial charge in [-0.25, -0.2) is 4.79 Å². The molecule has 0 bridgehead atoms. The molecule has 0 aromatic rings. The average Bonchev–Trinajstić information content (AvgIpc) is 2.90. The molecule has 0 saturated carbocycles. The van der Waals surface area contributed by atoms with Crippen LogP contribution in [-0.4, -0.2) is 47.5 Å². The zero-order valence-corrected chi connectivity index (χ0v) is 15.9. The summed E-state index contributed by atoms with van der Waals surface area (Å²) in [5.74, 6) is 0.103. The summed E-state index contributed by atoms with van der Waals surface area (Å²) in [4.78, 5) is 14.3. The third-order valence-electron chi connectivity index (χ3n) is 5.23. The number of amides is 1. The summed E-state index contributed by atoms with van der Waals surface area (Å²) in [7, 11) is -0.298. The molecule has 132 valence electrons. The van der Waals surface area contributed by atoms with Crippen LogP contribution in [0.4, 0.5) is 4.79 Å². The molecule has 0 aromatic heterocycles. The van der Waals surface area contributed by atoms with Crippen molar-refractivity contribution in [2.24, 2.45) is 0 Å². The van der Waals surface area contributed by atoms with E-state index in [4.69, 9.17) is 14.0 Å². The lowest BCUT2D eigenvalue weighted by Crippen LogP contribution is -2.44. The van der Waals surface area contributed by atoms with Gasteiger partial charge in [-0.05, 0) is 61.3 Å². The van der Waals surface area contributed by atoms with Gasteiger partial charge in [0, 0.05) is 18.4 Å². The molecule has 6 heteroatoms. The van der Waals surface area contributed by atoms with Gasteiger partial charge < -0.3 is 18.9 Å². The smallest absolute Gasteiger partial charge is 0.444 e. The number of hydrogen-bond acceptors (Lipinski definition) is 4. The summed E-state index contributed by atoms with van der Waals surface area (Å²) < 4.78 is 17.9. The van der Waals surface area contributed by atoms with E-state index in [0.717, 1.165) is 19.4 Å². The average molecular weight is 325 g/mol. The fourth-order valence-corrected chi connectivity index (χ4v) is 3.17. The van der Waals surface area contributed by atoms with Gasteiger partial charge in [-0.15, -0.1) is 0 Å².